The smallest absolute Gasteiger partial charge is 0.331 e. The summed E-state index contributed by atoms with van der Waals surface area (Å²) < 4.78 is 0. The lowest BCUT2D eigenvalue weighted by molar-refractivity contribution is -0.138. The number of rotatable bonds is 7. The number of aliphatic carboxylic acids is 1. The molecule has 23 heavy (non-hydrogen) atoms. The molecule has 0 saturated heterocycles. The first-order chi connectivity index (χ1) is 10.4. The van der Waals surface area contributed by atoms with E-state index in [-0.39, 0.29) is 23.9 Å². The van der Waals surface area contributed by atoms with Crippen molar-refractivity contribution in [3.63, 3.8) is 0 Å². The average molecular weight is 327 g/mol. The van der Waals surface area contributed by atoms with Crippen molar-refractivity contribution in [1.29, 1.82) is 0 Å². The third kappa shape index (κ3) is 6.81. The van der Waals surface area contributed by atoms with Gasteiger partial charge in [-0.3, -0.25) is 9.59 Å². The van der Waals surface area contributed by atoms with Crippen LogP contribution in [0.3, 0.4) is 0 Å². The van der Waals surface area contributed by atoms with Crippen LogP contribution < -0.4 is 10.6 Å². The number of hydrogen-bond acceptors (Lipinski definition) is 4. The van der Waals surface area contributed by atoms with E-state index in [2.05, 4.69) is 10.6 Å². The number of nitrogens with one attached hydrogen (secondary N) is 2. The van der Waals surface area contributed by atoms with Gasteiger partial charge in [0.25, 0.3) is 0 Å². The van der Waals surface area contributed by atoms with Crippen molar-refractivity contribution < 1.29 is 19.5 Å². The zero-order valence-electron chi connectivity index (χ0n) is 15.1. The standard InChI is InChI=1S/C16H29N3O4/c1-10(15(22)23)8-9-19(7)14(21)12(16(3,4)5)18-13(20)11(2)17-6/h8,11-12,17H,9H2,1-7H3,(H,18,20)(H,22,23)/b10-8+. The second-order valence-corrected chi connectivity index (χ2v) is 6.73. The van der Waals surface area contributed by atoms with Crippen LogP contribution in [-0.2, 0) is 14.4 Å². The highest BCUT2D eigenvalue weighted by atomic mass is 16.4. The first-order valence-electron chi connectivity index (χ1n) is 7.54. The number of likely N-dealkylation sites (N-methyl/N-ethyl adjacent to an activating group) is 2. The van der Waals surface area contributed by atoms with E-state index in [0.29, 0.717) is 0 Å². The van der Waals surface area contributed by atoms with Crippen LogP contribution in [0.25, 0.3) is 0 Å². The molecule has 0 aromatic carbocycles. The van der Waals surface area contributed by atoms with Gasteiger partial charge in [-0.2, -0.15) is 0 Å². The molecule has 0 bridgehead atoms. The number of amides is 2. The second-order valence-electron chi connectivity index (χ2n) is 6.73. The van der Waals surface area contributed by atoms with Crippen LogP contribution in [0.2, 0.25) is 0 Å². The molecule has 3 N–H and O–H groups in total. The van der Waals surface area contributed by atoms with Gasteiger partial charge in [-0.05, 0) is 26.3 Å². The Labute approximate surface area is 138 Å². The van der Waals surface area contributed by atoms with E-state index in [4.69, 9.17) is 5.11 Å². The van der Waals surface area contributed by atoms with Crippen molar-refractivity contribution in [1.82, 2.24) is 15.5 Å². The summed E-state index contributed by atoms with van der Waals surface area (Å²) >= 11 is 0. The zero-order valence-corrected chi connectivity index (χ0v) is 15.1. The Morgan fingerprint density at radius 1 is 1.26 bits per heavy atom. The lowest BCUT2D eigenvalue weighted by Gasteiger charge is -2.34. The molecule has 2 amide bonds. The van der Waals surface area contributed by atoms with E-state index in [1.807, 2.05) is 20.8 Å². The van der Waals surface area contributed by atoms with Gasteiger partial charge >= 0.3 is 5.97 Å². The van der Waals surface area contributed by atoms with Crippen LogP contribution in [0.15, 0.2) is 11.6 Å². The molecule has 0 aromatic rings. The average Bonchev–Trinajstić information content (AvgIpc) is 2.46. The Balaban J connectivity index is 5.12. The summed E-state index contributed by atoms with van der Waals surface area (Å²) in [5, 5.41) is 14.4. The quantitative estimate of drug-likeness (QED) is 0.595. The maximum Gasteiger partial charge on any atom is 0.331 e. The number of carboxylic acids is 1. The Morgan fingerprint density at radius 3 is 2.17 bits per heavy atom. The Morgan fingerprint density at radius 2 is 1.78 bits per heavy atom. The number of carbonyl (C=O) groups is 3. The van der Waals surface area contributed by atoms with Crippen LogP contribution >= 0.6 is 0 Å². The topological polar surface area (TPSA) is 98.7 Å². The Bertz CT molecular complexity index is 480. The van der Waals surface area contributed by atoms with Crippen LogP contribution in [0.1, 0.15) is 34.6 Å². The molecule has 0 aliphatic heterocycles. The minimum absolute atomic E-state index is 0.168. The van der Waals surface area contributed by atoms with E-state index in [1.165, 1.54) is 17.9 Å². The summed E-state index contributed by atoms with van der Waals surface area (Å²) in [7, 11) is 3.25. The number of nitrogens with zero attached hydrogens (tertiary/aromatic N) is 1. The van der Waals surface area contributed by atoms with Gasteiger partial charge in [0.05, 0.1) is 6.04 Å². The van der Waals surface area contributed by atoms with E-state index < -0.39 is 23.5 Å². The van der Waals surface area contributed by atoms with Crippen molar-refractivity contribution in [3.05, 3.63) is 11.6 Å². The molecule has 7 nitrogen and oxygen atoms in total. The fourth-order valence-electron chi connectivity index (χ4n) is 1.72. The molecular weight excluding hydrogens is 298 g/mol. The predicted molar refractivity (Wildman–Crippen MR) is 88.9 cm³/mol. The molecular formula is C16H29N3O4. The fourth-order valence-corrected chi connectivity index (χ4v) is 1.72. The number of carbonyl (C=O) groups excluding carboxylic acids is 2. The molecule has 0 rings (SSSR count). The minimum Gasteiger partial charge on any atom is -0.478 e. The number of hydrogen-bond donors (Lipinski definition) is 3. The summed E-state index contributed by atoms with van der Waals surface area (Å²) in [5.74, 6) is -1.54. The molecule has 0 fully saturated rings. The van der Waals surface area contributed by atoms with E-state index in [0.717, 1.165) is 0 Å². The molecule has 7 heteroatoms. The SMILES string of the molecule is CNC(C)C(=O)NC(C(=O)N(C)C/C=C(\C)C(=O)O)C(C)(C)C. The molecule has 132 valence electrons. The van der Waals surface area contributed by atoms with Gasteiger partial charge in [0.1, 0.15) is 6.04 Å². The zero-order chi connectivity index (χ0) is 18.4. The highest BCUT2D eigenvalue weighted by molar-refractivity contribution is 5.90. The molecule has 0 aliphatic rings. The van der Waals surface area contributed by atoms with Gasteiger partial charge in [0.2, 0.25) is 11.8 Å². The third-order valence-corrected chi connectivity index (χ3v) is 3.61. The Kier molecular flexibility index (Phi) is 7.95. The van der Waals surface area contributed by atoms with Crippen LogP contribution in [0, 0.1) is 5.41 Å². The Hall–Kier alpha value is -1.89. The van der Waals surface area contributed by atoms with Crippen molar-refractivity contribution in [2.24, 2.45) is 5.41 Å². The molecule has 0 aliphatic carbocycles. The van der Waals surface area contributed by atoms with E-state index >= 15 is 0 Å². The van der Waals surface area contributed by atoms with Crippen molar-refractivity contribution in [3.8, 4) is 0 Å². The highest BCUT2D eigenvalue weighted by Gasteiger charge is 2.35. The summed E-state index contributed by atoms with van der Waals surface area (Å²) in [6.45, 7) is 8.95. The van der Waals surface area contributed by atoms with Crippen molar-refractivity contribution in [2.45, 2.75) is 46.7 Å². The van der Waals surface area contributed by atoms with Gasteiger partial charge in [0, 0.05) is 19.2 Å². The predicted octanol–water partition coefficient (Wildman–Crippen LogP) is 0.615. The summed E-state index contributed by atoms with van der Waals surface area (Å²) in [5.41, 5.74) is -0.301. The molecule has 0 aromatic heterocycles. The number of carboxylic acid groups (broad SMARTS) is 1. The van der Waals surface area contributed by atoms with Crippen LogP contribution in [0.4, 0.5) is 0 Å². The molecule has 2 unspecified atom stereocenters. The highest BCUT2D eigenvalue weighted by Crippen LogP contribution is 2.21. The third-order valence-electron chi connectivity index (χ3n) is 3.61. The summed E-state index contributed by atoms with van der Waals surface area (Å²) in [6.07, 6.45) is 1.47. The van der Waals surface area contributed by atoms with Gasteiger partial charge in [-0.15, -0.1) is 0 Å². The molecule has 2 atom stereocenters. The van der Waals surface area contributed by atoms with E-state index in [9.17, 15) is 14.4 Å². The van der Waals surface area contributed by atoms with Crippen molar-refractivity contribution in [2.75, 3.05) is 20.6 Å². The minimum atomic E-state index is -1.02. The monoisotopic (exact) mass is 327 g/mol. The van der Waals surface area contributed by atoms with E-state index in [1.54, 1.807) is 21.0 Å². The maximum atomic E-state index is 12.6. The maximum absolute atomic E-state index is 12.6. The van der Waals surface area contributed by atoms with Gasteiger partial charge < -0.3 is 20.6 Å². The second kappa shape index (κ2) is 8.67. The summed E-state index contributed by atoms with van der Waals surface area (Å²) in [6, 6.07) is -1.11. The normalized spacial score (nSPS) is 14.8. The fraction of sp³-hybridized carbons (Fsp3) is 0.688. The van der Waals surface area contributed by atoms with Gasteiger partial charge in [0.15, 0.2) is 0 Å². The first kappa shape index (κ1) is 21.1. The lowest BCUT2D eigenvalue weighted by Crippen LogP contribution is -2.56. The van der Waals surface area contributed by atoms with Gasteiger partial charge in [-0.25, -0.2) is 4.79 Å². The van der Waals surface area contributed by atoms with Crippen LogP contribution in [0.5, 0.6) is 0 Å². The summed E-state index contributed by atoms with van der Waals surface area (Å²) in [4.78, 5) is 36.9. The lowest BCUT2D eigenvalue weighted by atomic mass is 9.85. The van der Waals surface area contributed by atoms with Crippen LogP contribution in [-0.4, -0.2) is 60.5 Å². The first-order valence-corrected chi connectivity index (χ1v) is 7.54. The molecule has 0 heterocycles. The molecule has 0 spiro atoms. The molecule has 0 radical (unpaired) electrons. The molecule has 0 saturated carbocycles. The van der Waals surface area contributed by atoms with Crippen molar-refractivity contribution >= 4 is 17.8 Å². The van der Waals surface area contributed by atoms with Gasteiger partial charge in [-0.1, -0.05) is 26.8 Å². The largest absolute Gasteiger partial charge is 0.478 e.